The van der Waals surface area contributed by atoms with Gasteiger partial charge in [-0.1, -0.05) is 42.0 Å². The monoisotopic (exact) mass is 318 g/mol. The molecule has 0 aliphatic carbocycles. The van der Waals surface area contributed by atoms with Crippen molar-refractivity contribution in [3.63, 3.8) is 0 Å². The van der Waals surface area contributed by atoms with Gasteiger partial charge < -0.3 is 9.88 Å². The maximum atomic E-state index is 12.4. The van der Waals surface area contributed by atoms with Crippen molar-refractivity contribution in [3.8, 4) is 0 Å². The number of likely N-dealkylation sites (tertiary alicyclic amines) is 1. The van der Waals surface area contributed by atoms with E-state index in [1.54, 1.807) is 0 Å². The summed E-state index contributed by atoms with van der Waals surface area (Å²) in [6.45, 7) is 2.90. The van der Waals surface area contributed by atoms with E-state index >= 15 is 0 Å². The first-order valence-electron chi connectivity index (χ1n) is 8.63. The van der Waals surface area contributed by atoms with Gasteiger partial charge in [-0.3, -0.25) is 4.79 Å². The fourth-order valence-electron chi connectivity index (χ4n) is 3.76. The summed E-state index contributed by atoms with van der Waals surface area (Å²) in [6.07, 6.45) is 4.56. The molecule has 1 fully saturated rings. The van der Waals surface area contributed by atoms with E-state index in [2.05, 4.69) is 65.5 Å². The molecule has 3 aromatic rings. The molecule has 1 atom stereocenters. The van der Waals surface area contributed by atoms with Gasteiger partial charge in [0.1, 0.15) is 0 Å². The molecule has 0 radical (unpaired) electrons. The molecule has 2 heterocycles. The Morgan fingerprint density at radius 2 is 2.00 bits per heavy atom. The third-order valence-electron chi connectivity index (χ3n) is 5.04. The summed E-state index contributed by atoms with van der Waals surface area (Å²) in [4.78, 5) is 17.9. The lowest BCUT2D eigenvalue weighted by atomic mass is 10.0. The minimum Gasteiger partial charge on any atom is -0.361 e. The van der Waals surface area contributed by atoms with E-state index in [1.807, 2.05) is 6.07 Å². The summed E-state index contributed by atoms with van der Waals surface area (Å²) in [5.74, 6) is 0.276. The van der Waals surface area contributed by atoms with Crippen molar-refractivity contribution in [1.29, 1.82) is 0 Å². The molecule has 1 saturated heterocycles. The van der Waals surface area contributed by atoms with Crippen LogP contribution in [0.4, 0.5) is 0 Å². The number of carbonyl (C=O) groups excluding carboxylic acids is 1. The van der Waals surface area contributed by atoms with Gasteiger partial charge >= 0.3 is 0 Å². The fraction of sp³-hybridized carbons (Fsp3) is 0.286. The molecule has 1 unspecified atom stereocenters. The number of H-pyrrole nitrogens is 1. The van der Waals surface area contributed by atoms with Gasteiger partial charge in [0.05, 0.1) is 6.04 Å². The van der Waals surface area contributed by atoms with Crippen molar-refractivity contribution < 1.29 is 4.79 Å². The quantitative estimate of drug-likeness (QED) is 0.761. The smallest absolute Gasteiger partial charge is 0.223 e. The molecule has 1 N–H and O–H groups in total. The normalized spacial score (nSPS) is 17.8. The van der Waals surface area contributed by atoms with Crippen molar-refractivity contribution in [3.05, 3.63) is 71.4 Å². The number of aromatic nitrogens is 1. The molecule has 1 aromatic heterocycles. The van der Waals surface area contributed by atoms with E-state index in [-0.39, 0.29) is 11.9 Å². The van der Waals surface area contributed by atoms with Crippen molar-refractivity contribution in [2.45, 2.75) is 32.2 Å². The number of carbonyl (C=O) groups is 1. The molecule has 0 saturated carbocycles. The summed E-state index contributed by atoms with van der Waals surface area (Å²) in [5.41, 5.74) is 4.94. The Morgan fingerprint density at radius 3 is 2.83 bits per heavy atom. The second-order valence-electron chi connectivity index (χ2n) is 6.67. The van der Waals surface area contributed by atoms with Gasteiger partial charge in [0, 0.05) is 30.1 Å². The van der Waals surface area contributed by atoms with Crippen LogP contribution in [-0.2, 0) is 11.2 Å². The standard InChI is InChI=1S/C21H22N2O/c1-15-7-8-19-17(13-15)18(14-22-19)20-9-10-21(24)23(20)12-11-16-5-3-2-4-6-16/h2-8,13-14,20,22H,9-12H2,1H3. The average Bonchev–Trinajstić information content (AvgIpc) is 3.17. The number of hydrogen-bond acceptors (Lipinski definition) is 1. The van der Waals surface area contributed by atoms with Gasteiger partial charge in [0.15, 0.2) is 0 Å². The first-order chi connectivity index (χ1) is 11.7. The van der Waals surface area contributed by atoms with Crippen molar-refractivity contribution >= 4 is 16.8 Å². The summed E-state index contributed by atoms with van der Waals surface area (Å²) in [7, 11) is 0. The highest BCUT2D eigenvalue weighted by Crippen LogP contribution is 2.36. The van der Waals surface area contributed by atoms with Crippen LogP contribution in [0.3, 0.4) is 0 Å². The van der Waals surface area contributed by atoms with E-state index < -0.39 is 0 Å². The van der Waals surface area contributed by atoms with Gasteiger partial charge in [-0.2, -0.15) is 0 Å². The molecular weight excluding hydrogens is 296 g/mol. The Hall–Kier alpha value is -2.55. The van der Waals surface area contributed by atoms with E-state index in [0.29, 0.717) is 6.42 Å². The molecule has 3 heteroatoms. The van der Waals surface area contributed by atoms with Crippen LogP contribution in [0.25, 0.3) is 10.9 Å². The topological polar surface area (TPSA) is 36.1 Å². The van der Waals surface area contributed by atoms with E-state index in [0.717, 1.165) is 24.9 Å². The van der Waals surface area contributed by atoms with Gasteiger partial charge in [-0.05, 0) is 43.0 Å². The Morgan fingerprint density at radius 1 is 1.17 bits per heavy atom. The molecule has 1 aliphatic heterocycles. The van der Waals surface area contributed by atoms with E-state index in [1.165, 1.54) is 22.1 Å². The SMILES string of the molecule is Cc1ccc2[nH]cc(C3CCC(=O)N3CCc3ccccc3)c2c1. The van der Waals surface area contributed by atoms with Gasteiger partial charge in [0.25, 0.3) is 0 Å². The zero-order valence-electron chi connectivity index (χ0n) is 14.0. The van der Waals surface area contributed by atoms with Crippen LogP contribution in [0.5, 0.6) is 0 Å². The number of aryl methyl sites for hydroxylation is 1. The average molecular weight is 318 g/mol. The second-order valence-corrected chi connectivity index (χ2v) is 6.67. The molecule has 24 heavy (non-hydrogen) atoms. The highest BCUT2D eigenvalue weighted by Gasteiger charge is 2.33. The minimum absolute atomic E-state index is 0.191. The van der Waals surface area contributed by atoms with Crippen LogP contribution in [0, 0.1) is 6.92 Å². The van der Waals surface area contributed by atoms with Crippen LogP contribution >= 0.6 is 0 Å². The summed E-state index contributed by atoms with van der Waals surface area (Å²) < 4.78 is 0. The van der Waals surface area contributed by atoms with Crippen LogP contribution in [0.1, 0.15) is 35.6 Å². The molecule has 1 aliphatic rings. The number of amides is 1. The number of aromatic amines is 1. The highest BCUT2D eigenvalue weighted by molar-refractivity contribution is 5.86. The molecule has 4 rings (SSSR count). The number of nitrogens with one attached hydrogen (secondary N) is 1. The van der Waals surface area contributed by atoms with Crippen LogP contribution < -0.4 is 0 Å². The second kappa shape index (κ2) is 6.16. The molecule has 122 valence electrons. The van der Waals surface area contributed by atoms with Crippen LogP contribution in [-0.4, -0.2) is 22.3 Å². The highest BCUT2D eigenvalue weighted by atomic mass is 16.2. The molecule has 3 nitrogen and oxygen atoms in total. The first kappa shape index (κ1) is 15.0. The predicted octanol–water partition coefficient (Wildman–Crippen LogP) is 4.38. The van der Waals surface area contributed by atoms with Crippen LogP contribution in [0.2, 0.25) is 0 Å². The first-order valence-corrected chi connectivity index (χ1v) is 8.63. The number of nitrogens with zero attached hydrogens (tertiary/aromatic N) is 1. The zero-order valence-corrected chi connectivity index (χ0v) is 14.0. The fourth-order valence-corrected chi connectivity index (χ4v) is 3.76. The van der Waals surface area contributed by atoms with Gasteiger partial charge in [-0.15, -0.1) is 0 Å². The largest absolute Gasteiger partial charge is 0.361 e. The Kier molecular flexibility index (Phi) is 3.85. The Labute approximate surface area is 142 Å². The molecular formula is C21H22N2O. The lowest BCUT2D eigenvalue weighted by Crippen LogP contribution is -2.29. The van der Waals surface area contributed by atoms with Crippen molar-refractivity contribution in [2.75, 3.05) is 6.54 Å². The third kappa shape index (κ3) is 2.71. The van der Waals surface area contributed by atoms with E-state index in [9.17, 15) is 4.79 Å². The zero-order chi connectivity index (χ0) is 16.5. The Bertz CT molecular complexity index is 866. The van der Waals surface area contributed by atoms with Crippen molar-refractivity contribution in [2.24, 2.45) is 0 Å². The lowest BCUT2D eigenvalue weighted by Gasteiger charge is -2.25. The van der Waals surface area contributed by atoms with Gasteiger partial charge in [0.2, 0.25) is 5.91 Å². The Balaban J connectivity index is 1.61. The van der Waals surface area contributed by atoms with Crippen LogP contribution in [0.15, 0.2) is 54.7 Å². The summed E-state index contributed by atoms with van der Waals surface area (Å²) in [5, 5.41) is 1.25. The lowest BCUT2D eigenvalue weighted by molar-refractivity contribution is -0.129. The van der Waals surface area contributed by atoms with Gasteiger partial charge in [-0.25, -0.2) is 0 Å². The number of hydrogen-bond donors (Lipinski definition) is 1. The molecule has 0 spiro atoms. The molecule has 2 aromatic carbocycles. The summed E-state index contributed by atoms with van der Waals surface area (Å²) in [6, 6.07) is 17.1. The third-order valence-corrected chi connectivity index (χ3v) is 5.04. The number of fused-ring (bicyclic) bond motifs is 1. The number of rotatable bonds is 4. The number of benzene rings is 2. The molecule has 1 amide bonds. The molecule has 0 bridgehead atoms. The van der Waals surface area contributed by atoms with Crippen molar-refractivity contribution in [1.82, 2.24) is 9.88 Å². The maximum absolute atomic E-state index is 12.4. The minimum atomic E-state index is 0.191. The maximum Gasteiger partial charge on any atom is 0.223 e. The van der Waals surface area contributed by atoms with E-state index in [4.69, 9.17) is 0 Å². The summed E-state index contributed by atoms with van der Waals surface area (Å²) >= 11 is 0. The predicted molar refractivity (Wildman–Crippen MR) is 96.9 cm³/mol.